The fraction of sp³-hybridized carbons (Fsp3) is 0.529. The number of guanidine groups is 1. The van der Waals surface area contributed by atoms with E-state index in [9.17, 15) is 0 Å². The third-order valence-corrected chi connectivity index (χ3v) is 3.42. The highest BCUT2D eigenvalue weighted by atomic mass is 16.5. The minimum absolute atomic E-state index is 0.230. The SMILES string of the molecule is CCNC(=NCCCc1nc2ccccc2[nH]1)NC(C)COC. The van der Waals surface area contributed by atoms with E-state index >= 15 is 0 Å². The normalized spacial score (nSPS) is 13.3. The molecule has 1 heterocycles. The van der Waals surface area contributed by atoms with Gasteiger partial charge in [0, 0.05) is 32.7 Å². The molecule has 0 aliphatic heterocycles. The minimum Gasteiger partial charge on any atom is -0.383 e. The lowest BCUT2D eigenvalue weighted by Crippen LogP contribution is -2.44. The Balaban J connectivity index is 1.82. The molecule has 0 amide bonds. The number of H-pyrrole nitrogens is 1. The van der Waals surface area contributed by atoms with E-state index in [1.807, 2.05) is 24.3 Å². The maximum absolute atomic E-state index is 5.14. The quantitative estimate of drug-likeness (QED) is 0.396. The Labute approximate surface area is 137 Å². The third kappa shape index (κ3) is 5.56. The largest absolute Gasteiger partial charge is 0.383 e. The number of benzene rings is 1. The van der Waals surface area contributed by atoms with Crippen molar-refractivity contribution in [3.8, 4) is 0 Å². The molecule has 2 rings (SSSR count). The van der Waals surface area contributed by atoms with Gasteiger partial charge >= 0.3 is 0 Å². The highest BCUT2D eigenvalue weighted by Gasteiger charge is 2.05. The van der Waals surface area contributed by atoms with Crippen LogP contribution in [0, 0.1) is 0 Å². The minimum atomic E-state index is 0.230. The van der Waals surface area contributed by atoms with Crippen molar-refractivity contribution in [1.29, 1.82) is 0 Å². The van der Waals surface area contributed by atoms with Gasteiger partial charge in [-0.1, -0.05) is 12.1 Å². The van der Waals surface area contributed by atoms with Gasteiger partial charge < -0.3 is 20.4 Å². The number of methoxy groups -OCH3 is 1. The Hall–Kier alpha value is -2.08. The summed E-state index contributed by atoms with van der Waals surface area (Å²) < 4.78 is 5.14. The van der Waals surface area contributed by atoms with Gasteiger partial charge in [0.25, 0.3) is 0 Å². The first-order valence-electron chi connectivity index (χ1n) is 8.20. The summed E-state index contributed by atoms with van der Waals surface area (Å²) in [5.41, 5.74) is 2.11. The molecule has 126 valence electrons. The van der Waals surface area contributed by atoms with Crippen LogP contribution in [0.5, 0.6) is 0 Å². The van der Waals surface area contributed by atoms with Crippen LogP contribution >= 0.6 is 0 Å². The summed E-state index contributed by atoms with van der Waals surface area (Å²) in [6.45, 7) is 6.39. The fourth-order valence-corrected chi connectivity index (χ4v) is 2.41. The molecular weight excluding hydrogens is 290 g/mol. The van der Waals surface area contributed by atoms with E-state index in [0.29, 0.717) is 6.61 Å². The van der Waals surface area contributed by atoms with Crippen LogP contribution in [-0.4, -0.2) is 48.8 Å². The lowest BCUT2D eigenvalue weighted by Gasteiger charge is -2.16. The number of aliphatic imine (C=N–C) groups is 1. The number of ether oxygens (including phenoxy) is 1. The van der Waals surface area contributed by atoms with E-state index in [-0.39, 0.29) is 6.04 Å². The van der Waals surface area contributed by atoms with Crippen molar-refractivity contribution in [1.82, 2.24) is 20.6 Å². The Morgan fingerprint density at radius 1 is 1.39 bits per heavy atom. The zero-order valence-corrected chi connectivity index (χ0v) is 14.2. The highest BCUT2D eigenvalue weighted by molar-refractivity contribution is 5.80. The second-order valence-corrected chi connectivity index (χ2v) is 5.57. The number of hydrogen-bond donors (Lipinski definition) is 3. The average molecular weight is 317 g/mol. The summed E-state index contributed by atoms with van der Waals surface area (Å²) >= 11 is 0. The first-order valence-corrected chi connectivity index (χ1v) is 8.20. The van der Waals surface area contributed by atoms with Gasteiger partial charge in [-0.25, -0.2) is 4.98 Å². The van der Waals surface area contributed by atoms with Gasteiger partial charge in [-0.15, -0.1) is 0 Å². The van der Waals surface area contributed by atoms with Crippen LogP contribution in [0.1, 0.15) is 26.1 Å². The molecular formula is C17H27N5O. The number of hydrogen-bond acceptors (Lipinski definition) is 3. The first kappa shape index (κ1) is 17.3. The van der Waals surface area contributed by atoms with E-state index in [2.05, 4.69) is 39.4 Å². The number of nitrogens with one attached hydrogen (secondary N) is 3. The molecule has 0 saturated carbocycles. The van der Waals surface area contributed by atoms with Crippen molar-refractivity contribution in [3.05, 3.63) is 30.1 Å². The van der Waals surface area contributed by atoms with Crippen LogP contribution in [0.3, 0.4) is 0 Å². The van der Waals surface area contributed by atoms with E-state index < -0.39 is 0 Å². The Bertz CT molecular complexity index is 589. The monoisotopic (exact) mass is 317 g/mol. The van der Waals surface area contributed by atoms with Gasteiger partial charge in [-0.05, 0) is 32.4 Å². The molecule has 1 atom stereocenters. The molecule has 6 heteroatoms. The summed E-state index contributed by atoms with van der Waals surface area (Å²) in [5.74, 6) is 1.86. The van der Waals surface area contributed by atoms with Gasteiger partial charge in [0.1, 0.15) is 5.82 Å². The molecule has 0 saturated heterocycles. The zero-order chi connectivity index (χ0) is 16.5. The van der Waals surface area contributed by atoms with Crippen molar-refractivity contribution >= 4 is 17.0 Å². The van der Waals surface area contributed by atoms with Crippen LogP contribution < -0.4 is 10.6 Å². The zero-order valence-electron chi connectivity index (χ0n) is 14.2. The van der Waals surface area contributed by atoms with E-state index in [0.717, 1.165) is 48.7 Å². The summed E-state index contributed by atoms with van der Waals surface area (Å²) in [5, 5.41) is 6.58. The topological polar surface area (TPSA) is 74.3 Å². The predicted octanol–water partition coefficient (Wildman–Crippen LogP) is 2.09. The van der Waals surface area contributed by atoms with Gasteiger partial charge in [0.2, 0.25) is 0 Å². The van der Waals surface area contributed by atoms with Crippen LogP contribution in [0.4, 0.5) is 0 Å². The van der Waals surface area contributed by atoms with Crippen LogP contribution in [0.2, 0.25) is 0 Å². The number of rotatable bonds is 8. The van der Waals surface area contributed by atoms with Gasteiger partial charge in [0.15, 0.2) is 5.96 Å². The number of fused-ring (bicyclic) bond motifs is 1. The van der Waals surface area contributed by atoms with Gasteiger partial charge in [-0.2, -0.15) is 0 Å². The predicted molar refractivity (Wildman–Crippen MR) is 94.9 cm³/mol. The molecule has 1 aromatic carbocycles. The standard InChI is InChI=1S/C17H27N5O/c1-4-18-17(20-13(2)12-23-3)19-11-7-10-16-21-14-8-5-6-9-15(14)22-16/h5-6,8-9,13H,4,7,10-12H2,1-3H3,(H,21,22)(H2,18,19,20). The number of para-hydroxylation sites is 2. The van der Waals surface area contributed by atoms with Gasteiger partial charge in [0.05, 0.1) is 17.6 Å². The molecule has 1 unspecified atom stereocenters. The van der Waals surface area contributed by atoms with Crippen LogP contribution in [0.25, 0.3) is 11.0 Å². The number of nitrogens with zero attached hydrogens (tertiary/aromatic N) is 2. The summed E-state index contributed by atoms with van der Waals surface area (Å²) in [7, 11) is 1.70. The van der Waals surface area contributed by atoms with Crippen molar-refractivity contribution in [2.24, 2.45) is 4.99 Å². The summed E-state index contributed by atoms with van der Waals surface area (Å²) in [6, 6.07) is 8.33. The molecule has 0 aliphatic carbocycles. The van der Waals surface area contributed by atoms with E-state index in [1.54, 1.807) is 7.11 Å². The van der Waals surface area contributed by atoms with E-state index in [1.165, 1.54) is 0 Å². The fourth-order valence-electron chi connectivity index (χ4n) is 2.41. The van der Waals surface area contributed by atoms with Crippen LogP contribution in [0.15, 0.2) is 29.3 Å². The molecule has 0 radical (unpaired) electrons. The lowest BCUT2D eigenvalue weighted by atomic mass is 10.3. The molecule has 0 bridgehead atoms. The highest BCUT2D eigenvalue weighted by Crippen LogP contribution is 2.11. The van der Waals surface area contributed by atoms with E-state index in [4.69, 9.17) is 4.74 Å². The van der Waals surface area contributed by atoms with Gasteiger partial charge in [-0.3, -0.25) is 4.99 Å². The average Bonchev–Trinajstić information content (AvgIpc) is 2.94. The molecule has 2 aromatic rings. The van der Waals surface area contributed by atoms with Crippen molar-refractivity contribution in [3.63, 3.8) is 0 Å². The number of aromatic amines is 1. The van der Waals surface area contributed by atoms with Crippen molar-refractivity contribution in [2.45, 2.75) is 32.7 Å². The maximum atomic E-state index is 5.14. The third-order valence-electron chi connectivity index (χ3n) is 3.42. The van der Waals surface area contributed by atoms with Crippen LogP contribution in [-0.2, 0) is 11.2 Å². The van der Waals surface area contributed by atoms with Crippen molar-refractivity contribution in [2.75, 3.05) is 26.8 Å². The second kappa shape index (κ2) is 9.15. The molecule has 0 aliphatic rings. The molecule has 3 N–H and O–H groups in total. The Morgan fingerprint density at radius 3 is 2.96 bits per heavy atom. The lowest BCUT2D eigenvalue weighted by molar-refractivity contribution is 0.179. The molecule has 0 spiro atoms. The summed E-state index contributed by atoms with van der Waals surface area (Å²) in [6.07, 6.45) is 1.85. The molecule has 23 heavy (non-hydrogen) atoms. The Morgan fingerprint density at radius 2 is 2.22 bits per heavy atom. The van der Waals surface area contributed by atoms with Crippen molar-refractivity contribution < 1.29 is 4.74 Å². The maximum Gasteiger partial charge on any atom is 0.191 e. The molecule has 1 aromatic heterocycles. The smallest absolute Gasteiger partial charge is 0.191 e. The molecule has 0 fully saturated rings. The summed E-state index contributed by atoms with van der Waals surface area (Å²) in [4.78, 5) is 12.5. The number of imidazole rings is 1. The number of aromatic nitrogens is 2. The molecule has 6 nitrogen and oxygen atoms in total. The second-order valence-electron chi connectivity index (χ2n) is 5.57. The first-order chi connectivity index (χ1) is 11.2. The number of aryl methyl sites for hydroxylation is 1. The Kier molecular flexibility index (Phi) is 6.87.